The number of halogens is 1. The molecule has 0 saturated heterocycles. The van der Waals surface area contributed by atoms with Gasteiger partial charge in [0.25, 0.3) is 5.91 Å². The standard InChI is InChI=1S/C13H15FN4O/c1-17(7-9-5-3-4-6-10(9)14)13(19)12-11(15)8-18(2)16-12/h3-6,8H,7,15H2,1-2H3. The third kappa shape index (κ3) is 2.73. The number of aryl methyl sites for hydroxylation is 1. The molecule has 0 radical (unpaired) electrons. The summed E-state index contributed by atoms with van der Waals surface area (Å²) >= 11 is 0. The molecule has 0 aliphatic heterocycles. The number of nitrogen functional groups attached to an aromatic ring is 1. The first-order chi connectivity index (χ1) is 8.99. The molecular formula is C13H15FN4O. The van der Waals surface area contributed by atoms with E-state index >= 15 is 0 Å². The van der Waals surface area contributed by atoms with Gasteiger partial charge in [-0.3, -0.25) is 9.48 Å². The molecule has 1 amide bonds. The molecule has 0 unspecified atom stereocenters. The second kappa shape index (κ2) is 5.09. The number of carbonyl (C=O) groups is 1. The Morgan fingerprint density at radius 3 is 2.74 bits per heavy atom. The summed E-state index contributed by atoms with van der Waals surface area (Å²) in [5, 5.41) is 4.00. The van der Waals surface area contributed by atoms with Crippen LogP contribution in [0.2, 0.25) is 0 Å². The number of nitrogens with zero attached hydrogens (tertiary/aromatic N) is 3. The Morgan fingerprint density at radius 2 is 2.16 bits per heavy atom. The largest absolute Gasteiger partial charge is 0.396 e. The third-order valence-electron chi connectivity index (χ3n) is 2.77. The molecule has 100 valence electrons. The van der Waals surface area contributed by atoms with Gasteiger partial charge in [0, 0.05) is 32.4 Å². The third-order valence-corrected chi connectivity index (χ3v) is 2.77. The van der Waals surface area contributed by atoms with Gasteiger partial charge in [0.1, 0.15) is 5.82 Å². The highest BCUT2D eigenvalue weighted by atomic mass is 19.1. The van der Waals surface area contributed by atoms with Crippen LogP contribution in [0.4, 0.5) is 10.1 Å². The Bertz CT molecular complexity index is 608. The minimum Gasteiger partial charge on any atom is -0.396 e. The molecule has 0 bridgehead atoms. The molecule has 19 heavy (non-hydrogen) atoms. The second-order valence-corrected chi connectivity index (χ2v) is 4.36. The highest BCUT2D eigenvalue weighted by molar-refractivity contribution is 5.96. The zero-order chi connectivity index (χ0) is 14.0. The fraction of sp³-hybridized carbons (Fsp3) is 0.231. The number of benzene rings is 1. The summed E-state index contributed by atoms with van der Waals surface area (Å²) < 4.78 is 15.0. The highest BCUT2D eigenvalue weighted by Crippen LogP contribution is 2.14. The lowest BCUT2D eigenvalue weighted by Gasteiger charge is -2.16. The van der Waals surface area contributed by atoms with Crippen molar-refractivity contribution in [3.63, 3.8) is 0 Å². The van der Waals surface area contributed by atoms with Gasteiger partial charge >= 0.3 is 0 Å². The van der Waals surface area contributed by atoms with E-state index in [0.29, 0.717) is 11.3 Å². The quantitative estimate of drug-likeness (QED) is 0.909. The van der Waals surface area contributed by atoms with Gasteiger partial charge in [-0.05, 0) is 6.07 Å². The van der Waals surface area contributed by atoms with Crippen LogP contribution in [0.25, 0.3) is 0 Å². The normalized spacial score (nSPS) is 10.5. The number of rotatable bonds is 3. The molecule has 1 aromatic carbocycles. The van der Waals surface area contributed by atoms with Gasteiger partial charge in [-0.1, -0.05) is 18.2 Å². The molecule has 0 spiro atoms. The van der Waals surface area contributed by atoms with Crippen LogP contribution < -0.4 is 5.73 Å². The Morgan fingerprint density at radius 1 is 1.47 bits per heavy atom. The summed E-state index contributed by atoms with van der Waals surface area (Å²) in [4.78, 5) is 13.5. The minimum absolute atomic E-state index is 0.168. The molecule has 0 fully saturated rings. The maximum atomic E-state index is 13.5. The SMILES string of the molecule is CN(Cc1ccccc1F)C(=O)c1nn(C)cc1N. The molecule has 2 N–H and O–H groups in total. The van der Waals surface area contributed by atoms with Crippen molar-refractivity contribution in [1.29, 1.82) is 0 Å². The molecule has 0 aliphatic carbocycles. The number of hydrogen-bond donors (Lipinski definition) is 1. The first-order valence-electron chi connectivity index (χ1n) is 5.77. The number of anilines is 1. The average molecular weight is 262 g/mol. The van der Waals surface area contributed by atoms with E-state index in [1.54, 1.807) is 38.5 Å². The number of carbonyl (C=O) groups excluding carboxylic acids is 1. The predicted molar refractivity (Wildman–Crippen MR) is 69.8 cm³/mol. The summed E-state index contributed by atoms with van der Waals surface area (Å²) in [6, 6.07) is 6.34. The van der Waals surface area contributed by atoms with Crippen LogP contribution in [0.5, 0.6) is 0 Å². The van der Waals surface area contributed by atoms with Crippen LogP contribution in [0.3, 0.4) is 0 Å². The number of amides is 1. The lowest BCUT2D eigenvalue weighted by atomic mass is 10.2. The van der Waals surface area contributed by atoms with Crippen LogP contribution in [-0.2, 0) is 13.6 Å². The Labute approximate surface area is 110 Å². The smallest absolute Gasteiger partial charge is 0.276 e. The zero-order valence-corrected chi connectivity index (χ0v) is 10.8. The summed E-state index contributed by atoms with van der Waals surface area (Å²) in [6.45, 7) is 0.168. The van der Waals surface area contributed by atoms with Gasteiger partial charge in [0.15, 0.2) is 5.69 Å². The minimum atomic E-state index is -0.337. The lowest BCUT2D eigenvalue weighted by molar-refractivity contribution is 0.0778. The molecule has 2 rings (SSSR count). The summed E-state index contributed by atoms with van der Waals surface area (Å²) in [5.41, 5.74) is 6.64. The van der Waals surface area contributed by atoms with Crippen molar-refractivity contribution in [2.45, 2.75) is 6.54 Å². The fourth-order valence-electron chi connectivity index (χ4n) is 1.81. The summed E-state index contributed by atoms with van der Waals surface area (Å²) in [7, 11) is 3.27. The van der Waals surface area contributed by atoms with Crippen LogP contribution >= 0.6 is 0 Å². The predicted octanol–water partition coefficient (Wildman–Crippen LogP) is 1.41. The molecule has 2 aromatic rings. The van der Waals surface area contributed by atoms with Crippen molar-refractivity contribution < 1.29 is 9.18 Å². The van der Waals surface area contributed by atoms with Crippen molar-refractivity contribution in [2.24, 2.45) is 7.05 Å². The van der Waals surface area contributed by atoms with Crippen molar-refractivity contribution in [3.05, 3.63) is 47.5 Å². The molecule has 1 aromatic heterocycles. The van der Waals surface area contributed by atoms with Gasteiger partial charge in [-0.15, -0.1) is 0 Å². The van der Waals surface area contributed by atoms with Crippen molar-refractivity contribution in [3.8, 4) is 0 Å². The number of aromatic nitrogens is 2. The van der Waals surface area contributed by atoms with Gasteiger partial charge in [-0.25, -0.2) is 4.39 Å². The maximum Gasteiger partial charge on any atom is 0.276 e. The maximum absolute atomic E-state index is 13.5. The summed E-state index contributed by atoms with van der Waals surface area (Å²) in [5.74, 6) is -0.669. The van der Waals surface area contributed by atoms with Gasteiger partial charge in [-0.2, -0.15) is 5.10 Å². The fourth-order valence-corrected chi connectivity index (χ4v) is 1.81. The Kier molecular flexibility index (Phi) is 3.50. The molecule has 0 aliphatic rings. The van der Waals surface area contributed by atoms with E-state index in [-0.39, 0.29) is 24.0 Å². The van der Waals surface area contributed by atoms with E-state index in [9.17, 15) is 9.18 Å². The zero-order valence-electron chi connectivity index (χ0n) is 10.8. The van der Waals surface area contributed by atoms with Crippen molar-refractivity contribution >= 4 is 11.6 Å². The Balaban J connectivity index is 2.16. The first kappa shape index (κ1) is 13.1. The highest BCUT2D eigenvalue weighted by Gasteiger charge is 2.19. The van der Waals surface area contributed by atoms with Crippen LogP contribution in [-0.4, -0.2) is 27.6 Å². The average Bonchev–Trinajstić information content (AvgIpc) is 2.70. The molecule has 6 heteroatoms. The first-order valence-corrected chi connectivity index (χ1v) is 5.77. The van der Waals surface area contributed by atoms with Crippen molar-refractivity contribution in [2.75, 3.05) is 12.8 Å². The monoisotopic (exact) mass is 262 g/mol. The molecule has 0 saturated carbocycles. The van der Waals surface area contributed by atoms with Crippen LogP contribution in [0, 0.1) is 5.82 Å². The lowest BCUT2D eigenvalue weighted by Crippen LogP contribution is -2.27. The van der Waals surface area contributed by atoms with Gasteiger partial charge < -0.3 is 10.6 Å². The van der Waals surface area contributed by atoms with Gasteiger partial charge in [0.2, 0.25) is 0 Å². The van der Waals surface area contributed by atoms with Crippen LogP contribution in [0.1, 0.15) is 16.1 Å². The molecule has 0 atom stereocenters. The van der Waals surface area contributed by atoms with E-state index < -0.39 is 0 Å². The molecular weight excluding hydrogens is 247 g/mol. The van der Waals surface area contributed by atoms with E-state index in [4.69, 9.17) is 5.73 Å². The topological polar surface area (TPSA) is 64.2 Å². The molecule has 5 nitrogen and oxygen atoms in total. The van der Waals surface area contributed by atoms with Crippen molar-refractivity contribution in [1.82, 2.24) is 14.7 Å². The second-order valence-electron chi connectivity index (χ2n) is 4.36. The van der Waals surface area contributed by atoms with E-state index in [1.165, 1.54) is 15.6 Å². The van der Waals surface area contributed by atoms with Crippen LogP contribution in [0.15, 0.2) is 30.5 Å². The molecule has 1 heterocycles. The van der Waals surface area contributed by atoms with E-state index in [1.807, 2.05) is 0 Å². The van der Waals surface area contributed by atoms with E-state index in [2.05, 4.69) is 5.10 Å². The number of nitrogens with two attached hydrogens (primary N) is 1. The van der Waals surface area contributed by atoms with E-state index in [0.717, 1.165) is 0 Å². The number of hydrogen-bond acceptors (Lipinski definition) is 3. The van der Waals surface area contributed by atoms with Gasteiger partial charge in [0.05, 0.1) is 5.69 Å². The summed E-state index contributed by atoms with van der Waals surface area (Å²) in [6.07, 6.45) is 1.56. The Hall–Kier alpha value is -2.37.